The Morgan fingerprint density at radius 2 is 2.15 bits per heavy atom. The van der Waals surface area contributed by atoms with Crippen molar-refractivity contribution in [3.63, 3.8) is 0 Å². The smallest absolute Gasteiger partial charge is 0.319 e. The summed E-state index contributed by atoms with van der Waals surface area (Å²) in [4.78, 5) is 12.3. The molecule has 0 aliphatic carbocycles. The van der Waals surface area contributed by atoms with Crippen LogP contribution in [-0.2, 0) is 13.0 Å². The zero-order valence-corrected chi connectivity index (χ0v) is 13.6. The van der Waals surface area contributed by atoms with Gasteiger partial charge in [-0.3, -0.25) is 0 Å². The van der Waals surface area contributed by atoms with Gasteiger partial charge in [-0.15, -0.1) is 10.2 Å². The molecule has 134 valence electrons. The molecule has 1 unspecified atom stereocenters. The van der Waals surface area contributed by atoms with Gasteiger partial charge in [0.15, 0.2) is 5.82 Å². The van der Waals surface area contributed by atoms with Crippen LogP contribution in [0.3, 0.4) is 0 Å². The number of hydrogen-bond acceptors (Lipinski definition) is 7. The maximum Gasteiger partial charge on any atom is 0.319 e. The van der Waals surface area contributed by atoms with Gasteiger partial charge in [0.1, 0.15) is 12.1 Å². The molecule has 2 amide bonds. The third kappa shape index (κ3) is 3.34. The first-order valence-corrected chi connectivity index (χ1v) is 8.04. The molecule has 2 N–H and O–H groups in total. The number of anilines is 1. The molecule has 1 aromatic carbocycles. The molecule has 0 saturated heterocycles. The average molecular weight is 358 g/mol. The Morgan fingerprint density at radius 3 is 3.00 bits per heavy atom. The van der Waals surface area contributed by atoms with E-state index >= 15 is 0 Å². The Labute approximate surface area is 146 Å². The second-order valence-electron chi connectivity index (χ2n) is 5.86. The Balaban J connectivity index is 1.40. The number of carbonyl (C=O) groups is 1. The first-order chi connectivity index (χ1) is 12.7. The highest BCUT2D eigenvalue weighted by Crippen LogP contribution is 2.18. The van der Waals surface area contributed by atoms with Crippen molar-refractivity contribution in [2.75, 3.05) is 5.32 Å². The molecule has 0 bridgehead atoms. The molecule has 0 radical (unpaired) electrons. The molecular formula is C14H15FN10O. The molecule has 0 spiro atoms. The van der Waals surface area contributed by atoms with Gasteiger partial charge in [-0.2, -0.15) is 0 Å². The second kappa shape index (κ2) is 6.82. The summed E-state index contributed by atoms with van der Waals surface area (Å²) in [5, 5.41) is 27.7. The zero-order chi connectivity index (χ0) is 17.9. The number of nitrogens with zero attached hydrogens (tertiary/aromatic N) is 8. The quantitative estimate of drug-likeness (QED) is 0.689. The number of benzene rings is 1. The summed E-state index contributed by atoms with van der Waals surface area (Å²) in [5.41, 5.74) is 0.577. The van der Waals surface area contributed by atoms with Crippen molar-refractivity contribution < 1.29 is 9.18 Å². The molecule has 3 aromatic rings. The van der Waals surface area contributed by atoms with Crippen LogP contribution >= 0.6 is 0 Å². The van der Waals surface area contributed by atoms with E-state index < -0.39 is 11.8 Å². The highest BCUT2D eigenvalue weighted by atomic mass is 19.1. The minimum atomic E-state index is -0.548. The first-order valence-electron chi connectivity index (χ1n) is 8.04. The van der Waals surface area contributed by atoms with Gasteiger partial charge in [0.25, 0.3) is 0 Å². The molecule has 1 aliphatic heterocycles. The SMILES string of the molecule is O=C(Nc1cc(-n2cnnn2)ccc1F)NC1CCc2nnnn2CC1. The van der Waals surface area contributed by atoms with Crippen LogP contribution in [-0.4, -0.2) is 52.5 Å². The zero-order valence-electron chi connectivity index (χ0n) is 13.6. The van der Waals surface area contributed by atoms with E-state index in [1.165, 1.54) is 29.2 Å². The third-order valence-electron chi connectivity index (χ3n) is 4.16. The summed E-state index contributed by atoms with van der Waals surface area (Å²) >= 11 is 0. The summed E-state index contributed by atoms with van der Waals surface area (Å²) in [6.07, 6.45) is 3.45. The number of carbonyl (C=O) groups excluding carboxylic acids is 1. The topological polar surface area (TPSA) is 128 Å². The lowest BCUT2D eigenvalue weighted by atomic mass is 10.1. The highest BCUT2D eigenvalue weighted by Gasteiger charge is 2.20. The second-order valence-corrected chi connectivity index (χ2v) is 5.86. The van der Waals surface area contributed by atoms with Gasteiger partial charge in [-0.05, 0) is 51.9 Å². The first kappa shape index (κ1) is 16.1. The van der Waals surface area contributed by atoms with Crippen molar-refractivity contribution in [2.24, 2.45) is 0 Å². The van der Waals surface area contributed by atoms with Crippen molar-refractivity contribution in [1.82, 2.24) is 45.7 Å². The van der Waals surface area contributed by atoms with Gasteiger partial charge in [-0.25, -0.2) is 18.5 Å². The molecule has 3 heterocycles. The summed E-state index contributed by atoms with van der Waals surface area (Å²) in [6, 6.07) is 3.68. The Morgan fingerprint density at radius 1 is 1.23 bits per heavy atom. The van der Waals surface area contributed by atoms with Crippen LogP contribution in [0.2, 0.25) is 0 Å². The van der Waals surface area contributed by atoms with Crippen LogP contribution < -0.4 is 10.6 Å². The predicted octanol–water partition coefficient (Wildman–Crippen LogP) is 0.314. The van der Waals surface area contributed by atoms with Crippen molar-refractivity contribution >= 4 is 11.7 Å². The largest absolute Gasteiger partial charge is 0.335 e. The minimum absolute atomic E-state index is 0.0444. The van der Waals surface area contributed by atoms with Gasteiger partial charge >= 0.3 is 6.03 Å². The van der Waals surface area contributed by atoms with Crippen molar-refractivity contribution in [3.8, 4) is 5.69 Å². The number of amides is 2. The van der Waals surface area contributed by atoms with E-state index in [-0.39, 0.29) is 11.7 Å². The number of nitrogens with one attached hydrogen (secondary N) is 2. The van der Waals surface area contributed by atoms with E-state index in [1.54, 1.807) is 4.68 Å². The fourth-order valence-electron chi connectivity index (χ4n) is 2.82. The minimum Gasteiger partial charge on any atom is -0.335 e. The lowest BCUT2D eigenvalue weighted by Crippen LogP contribution is -2.38. The fraction of sp³-hybridized carbons (Fsp3) is 0.357. The average Bonchev–Trinajstić information content (AvgIpc) is 3.28. The maximum absolute atomic E-state index is 14.0. The normalized spacial score (nSPS) is 16.6. The van der Waals surface area contributed by atoms with Crippen LogP contribution in [0.25, 0.3) is 5.69 Å². The van der Waals surface area contributed by atoms with Crippen molar-refractivity contribution in [1.29, 1.82) is 0 Å². The molecule has 0 fully saturated rings. The van der Waals surface area contributed by atoms with Crippen LogP contribution in [0.5, 0.6) is 0 Å². The van der Waals surface area contributed by atoms with E-state index in [9.17, 15) is 9.18 Å². The van der Waals surface area contributed by atoms with E-state index in [2.05, 4.69) is 41.7 Å². The molecule has 2 aromatic heterocycles. The Kier molecular flexibility index (Phi) is 4.21. The molecule has 12 heteroatoms. The molecule has 1 atom stereocenters. The lowest BCUT2D eigenvalue weighted by molar-refractivity contribution is 0.246. The number of tetrazole rings is 2. The lowest BCUT2D eigenvalue weighted by Gasteiger charge is -2.17. The summed E-state index contributed by atoms with van der Waals surface area (Å²) in [7, 11) is 0. The van der Waals surface area contributed by atoms with Gasteiger partial charge in [0.05, 0.1) is 11.4 Å². The molecule has 11 nitrogen and oxygen atoms in total. The Bertz CT molecular complexity index is 886. The molecular weight excluding hydrogens is 343 g/mol. The van der Waals surface area contributed by atoms with E-state index in [0.29, 0.717) is 31.5 Å². The third-order valence-corrected chi connectivity index (χ3v) is 4.16. The molecule has 26 heavy (non-hydrogen) atoms. The fourth-order valence-corrected chi connectivity index (χ4v) is 2.82. The number of halogens is 1. The molecule has 0 saturated carbocycles. The standard InChI is InChI=1S/C14H15FN10O/c15-11-3-2-10(25-8-16-20-22-25)7-12(11)18-14(26)17-9-1-4-13-19-21-23-24(13)6-5-9/h2-3,7-9H,1,4-6H2,(H2,17,18,26). The van der Waals surface area contributed by atoms with Gasteiger partial charge in [0.2, 0.25) is 0 Å². The number of aryl methyl sites for hydroxylation is 2. The van der Waals surface area contributed by atoms with Crippen LogP contribution in [0.4, 0.5) is 14.9 Å². The van der Waals surface area contributed by atoms with E-state index in [4.69, 9.17) is 0 Å². The van der Waals surface area contributed by atoms with E-state index in [0.717, 1.165) is 5.82 Å². The molecule has 1 aliphatic rings. The maximum atomic E-state index is 14.0. The van der Waals surface area contributed by atoms with Gasteiger partial charge < -0.3 is 10.6 Å². The number of urea groups is 1. The number of rotatable bonds is 3. The number of fused-ring (bicyclic) bond motifs is 1. The van der Waals surface area contributed by atoms with Crippen LogP contribution in [0.1, 0.15) is 18.7 Å². The monoisotopic (exact) mass is 358 g/mol. The van der Waals surface area contributed by atoms with Gasteiger partial charge in [-0.1, -0.05) is 0 Å². The van der Waals surface area contributed by atoms with Gasteiger partial charge in [0, 0.05) is 19.0 Å². The Hall–Kier alpha value is -3.44. The van der Waals surface area contributed by atoms with Crippen LogP contribution in [0.15, 0.2) is 24.5 Å². The number of hydrogen-bond donors (Lipinski definition) is 2. The van der Waals surface area contributed by atoms with Crippen molar-refractivity contribution in [2.45, 2.75) is 31.8 Å². The summed E-state index contributed by atoms with van der Waals surface area (Å²) in [5.74, 6) is 0.253. The highest BCUT2D eigenvalue weighted by molar-refractivity contribution is 5.89. The summed E-state index contributed by atoms with van der Waals surface area (Å²) in [6.45, 7) is 0.621. The van der Waals surface area contributed by atoms with Crippen LogP contribution in [0, 0.1) is 5.82 Å². The predicted molar refractivity (Wildman–Crippen MR) is 85.8 cm³/mol. The summed E-state index contributed by atoms with van der Waals surface area (Å²) < 4.78 is 17.1. The number of aromatic nitrogens is 8. The van der Waals surface area contributed by atoms with Crippen molar-refractivity contribution in [3.05, 3.63) is 36.2 Å². The molecule has 4 rings (SSSR count). The van der Waals surface area contributed by atoms with E-state index in [1.807, 2.05) is 0 Å².